The summed E-state index contributed by atoms with van der Waals surface area (Å²) >= 11 is 0. The van der Waals surface area contributed by atoms with Crippen LogP contribution in [-0.2, 0) is 16.1 Å². The van der Waals surface area contributed by atoms with E-state index in [0.29, 0.717) is 30.5 Å². The minimum atomic E-state index is -1.59. The molecule has 2 atom stereocenters. The SMILES string of the molecule is C[C@@](ON)(C(=O)O)[C@H]1CCc2cc(C(=N)NC3CCCCC3)ccc2O1. The van der Waals surface area contributed by atoms with Gasteiger partial charge >= 0.3 is 5.97 Å². The average Bonchev–Trinajstić information content (AvgIpc) is 2.67. The predicted molar refractivity (Wildman–Crippen MR) is 97.3 cm³/mol. The van der Waals surface area contributed by atoms with Crippen molar-refractivity contribution in [3.05, 3.63) is 29.3 Å². The van der Waals surface area contributed by atoms with Crippen molar-refractivity contribution in [2.45, 2.75) is 69.6 Å². The molecule has 0 amide bonds. The first kappa shape index (κ1) is 18.7. The third-order valence-corrected chi connectivity index (χ3v) is 5.53. The number of rotatable bonds is 5. The number of carboxylic acid groups (broad SMARTS) is 1. The van der Waals surface area contributed by atoms with E-state index in [1.54, 1.807) is 6.07 Å². The monoisotopic (exact) mass is 361 g/mol. The maximum absolute atomic E-state index is 11.5. The van der Waals surface area contributed by atoms with Gasteiger partial charge in [-0.25, -0.2) is 10.7 Å². The van der Waals surface area contributed by atoms with Crippen molar-refractivity contribution in [1.82, 2.24) is 5.32 Å². The van der Waals surface area contributed by atoms with E-state index in [2.05, 4.69) is 5.32 Å². The molecule has 1 fully saturated rings. The first-order chi connectivity index (χ1) is 12.4. The highest BCUT2D eigenvalue weighted by molar-refractivity contribution is 5.96. The molecule has 1 aromatic carbocycles. The van der Waals surface area contributed by atoms with Crippen LogP contribution in [0.25, 0.3) is 0 Å². The van der Waals surface area contributed by atoms with E-state index in [4.69, 9.17) is 20.9 Å². The van der Waals surface area contributed by atoms with Crippen molar-refractivity contribution in [1.29, 1.82) is 5.41 Å². The molecule has 0 saturated heterocycles. The lowest BCUT2D eigenvalue weighted by atomic mass is 9.90. The summed E-state index contributed by atoms with van der Waals surface area (Å²) in [6.45, 7) is 1.42. The number of hydrogen-bond acceptors (Lipinski definition) is 5. The molecule has 26 heavy (non-hydrogen) atoms. The largest absolute Gasteiger partial charge is 0.486 e. The van der Waals surface area contributed by atoms with Gasteiger partial charge in [0, 0.05) is 11.6 Å². The van der Waals surface area contributed by atoms with Crippen LogP contribution in [0.3, 0.4) is 0 Å². The molecule has 1 aliphatic heterocycles. The highest BCUT2D eigenvalue weighted by Gasteiger charge is 2.46. The van der Waals surface area contributed by atoms with Crippen molar-refractivity contribution in [3.63, 3.8) is 0 Å². The second kappa shape index (κ2) is 7.63. The molecule has 5 N–H and O–H groups in total. The number of benzene rings is 1. The number of nitrogens with one attached hydrogen (secondary N) is 2. The average molecular weight is 361 g/mol. The fourth-order valence-electron chi connectivity index (χ4n) is 3.73. The quantitative estimate of drug-likeness (QED) is 0.363. The molecule has 0 radical (unpaired) electrons. The zero-order valence-corrected chi connectivity index (χ0v) is 15.1. The van der Waals surface area contributed by atoms with Crippen molar-refractivity contribution in [3.8, 4) is 5.75 Å². The van der Waals surface area contributed by atoms with Gasteiger partial charge in [0.15, 0.2) is 0 Å². The van der Waals surface area contributed by atoms with Gasteiger partial charge in [-0.1, -0.05) is 19.3 Å². The smallest absolute Gasteiger partial charge is 0.341 e. The Kier molecular flexibility index (Phi) is 5.48. The molecule has 1 aliphatic carbocycles. The summed E-state index contributed by atoms with van der Waals surface area (Å²) in [5.74, 6) is 5.12. The number of aryl methyl sites for hydroxylation is 1. The van der Waals surface area contributed by atoms with Crippen LogP contribution in [0.1, 0.15) is 56.6 Å². The summed E-state index contributed by atoms with van der Waals surface area (Å²) in [6.07, 6.45) is 6.42. The molecular weight excluding hydrogens is 334 g/mol. The third-order valence-electron chi connectivity index (χ3n) is 5.53. The van der Waals surface area contributed by atoms with E-state index in [0.717, 1.165) is 24.0 Å². The molecule has 7 nitrogen and oxygen atoms in total. The predicted octanol–water partition coefficient (Wildman–Crippen LogP) is 2.36. The van der Waals surface area contributed by atoms with E-state index >= 15 is 0 Å². The highest BCUT2D eigenvalue weighted by atomic mass is 16.7. The number of nitrogens with two attached hydrogens (primary N) is 1. The lowest BCUT2D eigenvalue weighted by molar-refractivity contribution is -0.179. The van der Waals surface area contributed by atoms with Gasteiger partial charge in [-0.15, -0.1) is 0 Å². The van der Waals surface area contributed by atoms with Crippen molar-refractivity contribution < 1.29 is 19.5 Å². The Morgan fingerprint density at radius 2 is 2.08 bits per heavy atom. The molecule has 0 unspecified atom stereocenters. The second-order valence-corrected chi connectivity index (χ2v) is 7.35. The molecule has 1 heterocycles. The fourth-order valence-corrected chi connectivity index (χ4v) is 3.73. The first-order valence-electron chi connectivity index (χ1n) is 9.20. The van der Waals surface area contributed by atoms with Crippen LogP contribution >= 0.6 is 0 Å². The Balaban J connectivity index is 1.70. The van der Waals surface area contributed by atoms with Crippen LogP contribution < -0.4 is 16.0 Å². The molecule has 2 aliphatic rings. The molecule has 0 aromatic heterocycles. The summed E-state index contributed by atoms with van der Waals surface area (Å²) in [7, 11) is 0. The highest BCUT2D eigenvalue weighted by Crippen LogP contribution is 2.33. The molecule has 1 aromatic rings. The standard InChI is InChI=1S/C19H27N3O4/c1-19(26-21,18(23)24)16-10-8-12-11-13(7-9-15(12)25-16)17(20)22-14-5-3-2-4-6-14/h7,9,11,14,16H,2-6,8,10,21H2,1H3,(H2,20,22)(H,23,24)/t16-,19+/m1/s1. The van der Waals surface area contributed by atoms with Crippen LogP contribution in [0.15, 0.2) is 18.2 Å². The van der Waals surface area contributed by atoms with Crippen molar-refractivity contribution in [2.75, 3.05) is 0 Å². The van der Waals surface area contributed by atoms with Crippen LogP contribution in [0.4, 0.5) is 0 Å². The Bertz CT molecular complexity index is 687. The van der Waals surface area contributed by atoms with Crippen LogP contribution in [0.2, 0.25) is 0 Å². The Labute approximate surface area is 153 Å². The van der Waals surface area contributed by atoms with E-state index in [-0.39, 0.29) is 0 Å². The lowest BCUT2D eigenvalue weighted by Crippen LogP contribution is -2.54. The van der Waals surface area contributed by atoms with E-state index in [1.807, 2.05) is 12.1 Å². The van der Waals surface area contributed by atoms with Crippen LogP contribution in [0, 0.1) is 5.41 Å². The van der Waals surface area contributed by atoms with E-state index in [9.17, 15) is 9.90 Å². The zero-order chi connectivity index (χ0) is 18.7. The molecular formula is C19H27N3O4. The third kappa shape index (κ3) is 3.68. The van der Waals surface area contributed by atoms with E-state index in [1.165, 1.54) is 26.2 Å². The van der Waals surface area contributed by atoms with Gasteiger partial charge in [-0.3, -0.25) is 10.2 Å². The number of fused-ring (bicyclic) bond motifs is 1. The molecule has 0 bridgehead atoms. The Morgan fingerprint density at radius 3 is 2.73 bits per heavy atom. The second-order valence-electron chi connectivity index (χ2n) is 7.35. The van der Waals surface area contributed by atoms with Gasteiger partial charge in [-0.2, -0.15) is 0 Å². The molecule has 1 saturated carbocycles. The number of amidine groups is 1. The molecule has 0 spiro atoms. The van der Waals surface area contributed by atoms with Gasteiger partial charge in [0.2, 0.25) is 5.60 Å². The zero-order valence-electron chi connectivity index (χ0n) is 15.1. The van der Waals surface area contributed by atoms with Crippen molar-refractivity contribution in [2.24, 2.45) is 5.90 Å². The number of hydrogen-bond donors (Lipinski definition) is 4. The minimum absolute atomic E-state index is 0.380. The number of carboxylic acids is 1. The fraction of sp³-hybridized carbons (Fsp3) is 0.579. The van der Waals surface area contributed by atoms with Gasteiger partial charge in [0.1, 0.15) is 17.7 Å². The number of aliphatic carboxylic acids is 1. The van der Waals surface area contributed by atoms with Gasteiger partial charge in [0.25, 0.3) is 0 Å². The summed E-state index contributed by atoms with van der Waals surface area (Å²) in [4.78, 5) is 16.2. The summed E-state index contributed by atoms with van der Waals surface area (Å²) in [5.41, 5.74) is 0.206. The first-order valence-corrected chi connectivity index (χ1v) is 9.20. The Morgan fingerprint density at radius 1 is 1.35 bits per heavy atom. The maximum atomic E-state index is 11.5. The van der Waals surface area contributed by atoms with Gasteiger partial charge < -0.3 is 15.2 Å². The number of ether oxygens (including phenoxy) is 1. The topological polar surface area (TPSA) is 118 Å². The number of carbonyl (C=O) groups is 1. The maximum Gasteiger partial charge on any atom is 0.341 e. The molecule has 3 rings (SSSR count). The molecule has 142 valence electrons. The summed E-state index contributed by atoms with van der Waals surface area (Å²) < 4.78 is 5.86. The van der Waals surface area contributed by atoms with Gasteiger partial charge in [-0.05, 0) is 56.4 Å². The summed E-state index contributed by atoms with van der Waals surface area (Å²) in [5, 5.41) is 21.1. The molecule has 7 heteroatoms. The minimum Gasteiger partial charge on any atom is -0.486 e. The normalized spacial score (nSPS) is 22.6. The summed E-state index contributed by atoms with van der Waals surface area (Å²) in [6, 6.07) is 5.96. The lowest BCUT2D eigenvalue weighted by Gasteiger charge is -2.35. The van der Waals surface area contributed by atoms with E-state index < -0.39 is 17.7 Å². The Hall–Kier alpha value is -2.12. The van der Waals surface area contributed by atoms with Crippen LogP contribution in [0.5, 0.6) is 5.75 Å². The van der Waals surface area contributed by atoms with Gasteiger partial charge in [0.05, 0.1) is 0 Å². The van der Waals surface area contributed by atoms with Crippen LogP contribution in [-0.4, -0.2) is 34.7 Å². The van der Waals surface area contributed by atoms with Crippen molar-refractivity contribution >= 4 is 11.8 Å².